The highest BCUT2D eigenvalue weighted by Gasteiger charge is 2.25. The summed E-state index contributed by atoms with van der Waals surface area (Å²) in [6.07, 6.45) is 0.642. The van der Waals surface area contributed by atoms with Gasteiger partial charge in [-0.1, -0.05) is 43.0 Å². The van der Waals surface area contributed by atoms with Gasteiger partial charge in [-0.05, 0) is 44.9 Å². The lowest BCUT2D eigenvalue weighted by Crippen LogP contribution is -2.25. The fourth-order valence-corrected chi connectivity index (χ4v) is 4.91. The highest BCUT2D eigenvalue weighted by atomic mass is 32.2. The van der Waals surface area contributed by atoms with Gasteiger partial charge in [-0.3, -0.25) is 4.79 Å². The summed E-state index contributed by atoms with van der Waals surface area (Å²) in [5, 5.41) is 5.05. The topological polar surface area (TPSA) is 68.3 Å². The molecule has 29 heavy (non-hydrogen) atoms. The van der Waals surface area contributed by atoms with Gasteiger partial charge in [-0.25, -0.2) is 9.78 Å². The van der Waals surface area contributed by atoms with Gasteiger partial charge < -0.3 is 10.1 Å². The van der Waals surface area contributed by atoms with E-state index in [0.717, 1.165) is 26.4 Å². The zero-order valence-electron chi connectivity index (χ0n) is 16.9. The summed E-state index contributed by atoms with van der Waals surface area (Å²) in [5.41, 5.74) is 2.20. The predicted octanol–water partition coefficient (Wildman–Crippen LogP) is 5.60. The summed E-state index contributed by atoms with van der Waals surface area (Å²) in [6, 6.07) is 11.9. The molecule has 152 valence electrons. The van der Waals surface area contributed by atoms with Crippen LogP contribution in [0.4, 0.5) is 5.00 Å². The number of nitrogens with one attached hydrogen (secondary N) is 1. The summed E-state index contributed by atoms with van der Waals surface area (Å²) in [6.45, 7) is 7.84. The number of aromatic nitrogens is 1. The summed E-state index contributed by atoms with van der Waals surface area (Å²) in [4.78, 5) is 31.0. The maximum absolute atomic E-state index is 13.0. The molecule has 5 nitrogen and oxygen atoms in total. The van der Waals surface area contributed by atoms with Crippen molar-refractivity contribution in [3.8, 4) is 0 Å². The number of para-hydroxylation sites is 1. The van der Waals surface area contributed by atoms with Crippen LogP contribution in [0.5, 0.6) is 0 Å². The number of fused-ring (bicyclic) bond motifs is 1. The number of rotatable bonds is 7. The summed E-state index contributed by atoms with van der Waals surface area (Å²) in [7, 11) is 0. The molecule has 1 amide bonds. The minimum atomic E-state index is -0.401. The number of ether oxygens (including phenoxy) is 1. The molecule has 0 aliphatic rings. The number of carbonyl (C=O) groups excluding carboxylic acids is 2. The molecule has 0 aliphatic carbocycles. The largest absolute Gasteiger partial charge is 0.462 e. The molecule has 1 N–H and O–H groups in total. The smallest absolute Gasteiger partial charge is 0.341 e. The normalized spacial score (nSPS) is 12.0. The molecule has 0 saturated carbocycles. The van der Waals surface area contributed by atoms with Crippen LogP contribution in [-0.4, -0.2) is 28.7 Å². The number of carbonyl (C=O) groups is 2. The number of esters is 1. The number of thiophene rings is 1. The molecule has 0 spiro atoms. The molecular weight excluding hydrogens is 404 g/mol. The quantitative estimate of drug-likeness (QED) is 0.392. The lowest BCUT2D eigenvalue weighted by atomic mass is 10.1. The molecular formula is C22H24N2O3S2. The Balaban J connectivity index is 1.79. The molecule has 0 aliphatic heterocycles. The number of hydrogen-bond donors (Lipinski definition) is 1. The van der Waals surface area contributed by atoms with E-state index in [-0.39, 0.29) is 11.2 Å². The van der Waals surface area contributed by atoms with Crippen LogP contribution < -0.4 is 5.32 Å². The first-order valence-electron chi connectivity index (χ1n) is 9.55. The van der Waals surface area contributed by atoms with Crippen LogP contribution in [-0.2, 0) is 9.53 Å². The van der Waals surface area contributed by atoms with E-state index in [1.165, 1.54) is 23.1 Å². The fraction of sp³-hybridized carbons (Fsp3) is 0.318. The molecule has 1 unspecified atom stereocenters. The molecule has 3 aromatic rings. The van der Waals surface area contributed by atoms with Gasteiger partial charge in [0.1, 0.15) is 5.00 Å². The molecule has 1 aromatic carbocycles. The first-order valence-corrected chi connectivity index (χ1v) is 11.2. The van der Waals surface area contributed by atoms with Crippen LogP contribution in [0, 0.1) is 13.8 Å². The third-order valence-corrected chi connectivity index (χ3v) is 7.02. The van der Waals surface area contributed by atoms with Gasteiger partial charge in [0.25, 0.3) is 0 Å². The van der Waals surface area contributed by atoms with E-state index in [1.807, 2.05) is 57.2 Å². The third-order valence-electron chi connectivity index (χ3n) is 4.60. The summed E-state index contributed by atoms with van der Waals surface area (Å²) >= 11 is 2.83. The van der Waals surface area contributed by atoms with Crippen molar-refractivity contribution < 1.29 is 14.3 Å². The average Bonchev–Trinajstić information content (AvgIpc) is 2.99. The van der Waals surface area contributed by atoms with E-state index >= 15 is 0 Å². The van der Waals surface area contributed by atoms with Crippen LogP contribution in [0.2, 0.25) is 0 Å². The fourth-order valence-electron chi connectivity index (χ4n) is 2.94. The molecule has 3 rings (SSSR count). The standard InChI is InChI=1S/C22H24N2O3S2/c1-5-17(29-18-12-11-15-9-7-8-10-16(15)23-18)20(25)24-21-19(22(26)27-6-2)13(3)14(4)28-21/h7-12,17H,5-6H2,1-4H3,(H,24,25). The van der Waals surface area contributed by atoms with E-state index < -0.39 is 5.97 Å². The van der Waals surface area contributed by atoms with Crippen LogP contribution in [0.15, 0.2) is 41.4 Å². The Morgan fingerprint density at radius 3 is 2.66 bits per heavy atom. The third kappa shape index (κ3) is 4.79. The molecule has 2 heterocycles. The van der Waals surface area contributed by atoms with Crippen molar-refractivity contribution in [2.24, 2.45) is 0 Å². The van der Waals surface area contributed by atoms with Crippen LogP contribution in [0.25, 0.3) is 10.9 Å². The van der Waals surface area contributed by atoms with E-state index in [0.29, 0.717) is 23.6 Å². The van der Waals surface area contributed by atoms with Crippen molar-refractivity contribution in [2.45, 2.75) is 44.4 Å². The minimum Gasteiger partial charge on any atom is -0.462 e. The number of pyridine rings is 1. The van der Waals surface area contributed by atoms with Crippen molar-refractivity contribution in [1.29, 1.82) is 0 Å². The Hall–Kier alpha value is -2.38. The molecule has 0 fully saturated rings. The van der Waals surface area contributed by atoms with Gasteiger partial charge in [0, 0.05) is 10.3 Å². The number of anilines is 1. The van der Waals surface area contributed by atoms with Gasteiger partial charge in [0.05, 0.1) is 28.0 Å². The van der Waals surface area contributed by atoms with Gasteiger partial charge in [-0.2, -0.15) is 0 Å². The Kier molecular flexibility index (Phi) is 6.92. The van der Waals surface area contributed by atoms with E-state index in [1.54, 1.807) is 6.92 Å². The first kappa shape index (κ1) is 21.3. The lowest BCUT2D eigenvalue weighted by molar-refractivity contribution is -0.115. The van der Waals surface area contributed by atoms with Crippen LogP contribution >= 0.6 is 23.1 Å². The highest BCUT2D eigenvalue weighted by Crippen LogP contribution is 2.34. The second-order valence-corrected chi connectivity index (χ2v) is 9.00. The van der Waals surface area contributed by atoms with E-state index in [9.17, 15) is 9.59 Å². The predicted molar refractivity (Wildman–Crippen MR) is 120 cm³/mol. The Labute approximate surface area is 178 Å². The van der Waals surface area contributed by atoms with E-state index in [4.69, 9.17) is 4.74 Å². The van der Waals surface area contributed by atoms with Crippen molar-refractivity contribution in [1.82, 2.24) is 4.98 Å². The average molecular weight is 429 g/mol. The molecule has 1 atom stereocenters. The monoisotopic (exact) mass is 428 g/mol. The number of amides is 1. The maximum Gasteiger partial charge on any atom is 0.341 e. The van der Waals surface area contributed by atoms with Crippen LogP contribution in [0.3, 0.4) is 0 Å². The molecule has 0 saturated heterocycles. The number of nitrogens with zero attached hydrogens (tertiary/aromatic N) is 1. The number of hydrogen-bond acceptors (Lipinski definition) is 6. The zero-order valence-corrected chi connectivity index (χ0v) is 18.6. The zero-order chi connectivity index (χ0) is 21.0. The molecule has 0 radical (unpaired) electrons. The Bertz CT molecular complexity index is 1050. The Morgan fingerprint density at radius 2 is 1.93 bits per heavy atom. The van der Waals surface area contributed by atoms with Crippen molar-refractivity contribution in [3.05, 3.63) is 52.4 Å². The van der Waals surface area contributed by atoms with Gasteiger partial charge in [0.2, 0.25) is 5.91 Å². The maximum atomic E-state index is 13.0. The van der Waals surface area contributed by atoms with Gasteiger partial charge >= 0.3 is 5.97 Å². The second-order valence-electron chi connectivity index (χ2n) is 6.55. The SMILES string of the molecule is CCOC(=O)c1c(NC(=O)C(CC)Sc2ccc3ccccc3n2)sc(C)c1C. The van der Waals surface area contributed by atoms with Crippen LogP contribution in [0.1, 0.15) is 41.1 Å². The lowest BCUT2D eigenvalue weighted by Gasteiger charge is -2.14. The number of thioether (sulfide) groups is 1. The van der Waals surface area contributed by atoms with Crippen molar-refractivity contribution >= 4 is 50.9 Å². The summed E-state index contributed by atoms with van der Waals surface area (Å²) < 4.78 is 5.17. The number of benzene rings is 1. The highest BCUT2D eigenvalue weighted by molar-refractivity contribution is 8.00. The van der Waals surface area contributed by atoms with Gasteiger partial charge in [0.15, 0.2) is 0 Å². The summed E-state index contributed by atoms with van der Waals surface area (Å²) in [5.74, 6) is -0.541. The van der Waals surface area contributed by atoms with E-state index in [2.05, 4.69) is 10.3 Å². The van der Waals surface area contributed by atoms with Gasteiger partial charge in [-0.15, -0.1) is 11.3 Å². The van der Waals surface area contributed by atoms with Crippen molar-refractivity contribution in [3.63, 3.8) is 0 Å². The van der Waals surface area contributed by atoms with Crippen molar-refractivity contribution in [2.75, 3.05) is 11.9 Å². The first-order chi connectivity index (χ1) is 13.9. The number of aryl methyl sites for hydroxylation is 1. The molecule has 0 bridgehead atoms. The second kappa shape index (κ2) is 9.41. The Morgan fingerprint density at radius 1 is 1.17 bits per heavy atom. The molecule has 2 aromatic heterocycles. The minimum absolute atomic E-state index is 0.140. The molecule has 7 heteroatoms.